The van der Waals surface area contributed by atoms with Crippen LogP contribution < -0.4 is 5.32 Å². The number of ether oxygens (including phenoxy) is 1. The summed E-state index contributed by atoms with van der Waals surface area (Å²) >= 11 is 0. The predicted octanol–water partition coefficient (Wildman–Crippen LogP) is 1.02. The van der Waals surface area contributed by atoms with E-state index >= 15 is 0 Å². The molecule has 0 aliphatic carbocycles. The van der Waals surface area contributed by atoms with Gasteiger partial charge in [0.05, 0.1) is 12.6 Å². The van der Waals surface area contributed by atoms with E-state index in [1.807, 2.05) is 0 Å². The maximum atomic E-state index is 5.55. The summed E-state index contributed by atoms with van der Waals surface area (Å²) < 4.78 is 5.55. The van der Waals surface area contributed by atoms with Crippen LogP contribution in [0.25, 0.3) is 0 Å². The summed E-state index contributed by atoms with van der Waals surface area (Å²) in [5.41, 5.74) is 0. The highest BCUT2D eigenvalue weighted by Gasteiger charge is 2.25. The van der Waals surface area contributed by atoms with Crippen molar-refractivity contribution >= 4 is 0 Å². The fraction of sp³-hybridized carbons (Fsp3) is 0.800. The van der Waals surface area contributed by atoms with E-state index in [9.17, 15) is 0 Å². The van der Waals surface area contributed by atoms with Gasteiger partial charge in [0.15, 0.2) is 0 Å². The summed E-state index contributed by atoms with van der Waals surface area (Å²) in [4.78, 5) is 0. The molecule has 0 aromatic carbocycles. The van der Waals surface area contributed by atoms with Gasteiger partial charge in [0.1, 0.15) is 0 Å². The minimum Gasteiger partial charge on any atom is -0.378 e. The summed E-state index contributed by atoms with van der Waals surface area (Å²) in [6.07, 6.45) is 7.88. The van der Waals surface area contributed by atoms with Gasteiger partial charge < -0.3 is 10.1 Å². The van der Waals surface area contributed by atoms with Crippen LogP contribution in [0, 0.1) is 18.3 Å². The van der Waals surface area contributed by atoms with Gasteiger partial charge in [-0.2, -0.15) is 0 Å². The van der Waals surface area contributed by atoms with Gasteiger partial charge in [0, 0.05) is 13.2 Å². The first kappa shape index (κ1) is 9.57. The SMILES string of the molecule is C#CCNCC1CCOC1CC. The highest BCUT2D eigenvalue weighted by Crippen LogP contribution is 2.22. The third kappa shape index (κ3) is 2.51. The molecule has 1 fully saturated rings. The third-order valence-corrected chi connectivity index (χ3v) is 2.38. The lowest BCUT2D eigenvalue weighted by atomic mass is 10.00. The Labute approximate surface area is 74.7 Å². The molecule has 0 bridgehead atoms. The van der Waals surface area contributed by atoms with Crippen LogP contribution in [-0.2, 0) is 4.74 Å². The van der Waals surface area contributed by atoms with Crippen molar-refractivity contribution in [1.82, 2.24) is 5.32 Å². The Hall–Kier alpha value is -0.520. The van der Waals surface area contributed by atoms with Crippen LogP contribution in [0.15, 0.2) is 0 Å². The van der Waals surface area contributed by atoms with Gasteiger partial charge in [0.25, 0.3) is 0 Å². The lowest BCUT2D eigenvalue weighted by molar-refractivity contribution is 0.0875. The summed E-state index contributed by atoms with van der Waals surface area (Å²) in [5.74, 6) is 3.24. The van der Waals surface area contributed by atoms with Crippen LogP contribution in [0.4, 0.5) is 0 Å². The normalized spacial score (nSPS) is 28.7. The van der Waals surface area contributed by atoms with Crippen molar-refractivity contribution in [3.8, 4) is 12.3 Å². The predicted molar refractivity (Wildman–Crippen MR) is 49.8 cm³/mol. The second-order valence-corrected chi connectivity index (χ2v) is 3.20. The summed E-state index contributed by atoms with van der Waals surface area (Å²) in [7, 11) is 0. The average Bonchev–Trinajstić information content (AvgIpc) is 2.52. The highest BCUT2D eigenvalue weighted by molar-refractivity contribution is 4.87. The second-order valence-electron chi connectivity index (χ2n) is 3.20. The molecule has 1 aliphatic heterocycles. The molecule has 0 spiro atoms. The molecule has 0 aromatic heterocycles. The van der Waals surface area contributed by atoms with Crippen LogP contribution in [0.1, 0.15) is 19.8 Å². The average molecular weight is 167 g/mol. The van der Waals surface area contributed by atoms with Crippen molar-refractivity contribution in [2.24, 2.45) is 5.92 Å². The number of nitrogens with one attached hydrogen (secondary N) is 1. The molecular weight excluding hydrogens is 150 g/mol. The maximum Gasteiger partial charge on any atom is 0.0613 e. The maximum absolute atomic E-state index is 5.55. The zero-order chi connectivity index (χ0) is 8.81. The zero-order valence-corrected chi connectivity index (χ0v) is 7.68. The summed E-state index contributed by atoms with van der Waals surface area (Å²) in [6.45, 7) is 4.76. The Bertz CT molecular complexity index is 162. The zero-order valence-electron chi connectivity index (χ0n) is 7.68. The van der Waals surface area contributed by atoms with Crippen LogP contribution in [0.3, 0.4) is 0 Å². The minimum atomic E-state index is 0.454. The van der Waals surface area contributed by atoms with E-state index in [4.69, 9.17) is 11.2 Å². The quantitative estimate of drug-likeness (QED) is 0.498. The number of hydrogen-bond acceptors (Lipinski definition) is 2. The Kier molecular flexibility index (Phi) is 4.13. The number of terminal acetylenes is 1. The molecule has 1 saturated heterocycles. The monoisotopic (exact) mass is 167 g/mol. The molecule has 2 unspecified atom stereocenters. The molecule has 2 nitrogen and oxygen atoms in total. The highest BCUT2D eigenvalue weighted by atomic mass is 16.5. The van der Waals surface area contributed by atoms with E-state index < -0.39 is 0 Å². The lowest BCUT2D eigenvalue weighted by Crippen LogP contribution is -2.28. The second kappa shape index (κ2) is 5.18. The number of rotatable bonds is 4. The molecule has 1 rings (SSSR count). The van der Waals surface area contributed by atoms with Crippen LogP contribution in [-0.4, -0.2) is 25.8 Å². The fourth-order valence-corrected chi connectivity index (χ4v) is 1.71. The molecule has 0 radical (unpaired) electrons. The largest absolute Gasteiger partial charge is 0.378 e. The van der Waals surface area contributed by atoms with E-state index in [0.717, 1.165) is 19.6 Å². The molecule has 1 heterocycles. The van der Waals surface area contributed by atoms with E-state index in [1.165, 1.54) is 6.42 Å². The van der Waals surface area contributed by atoms with Crippen molar-refractivity contribution in [3.05, 3.63) is 0 Å². The van der Waals surface area contributed by atoms with Crippen molar-refractivity contribution in [2.75, 3.05) is 19.7 Å². The van der Waals surface area contributed by atoms with Gasteiger partial charge in [-0.05, 0) is 18.8 Å². The Balaban J connectivity index is 2.18. The lowest BCUT2D eigenvalue weighted by Gasteiger charge is -2.16. The van der Waals surface area contributed by atoms with E-state index in [-0.39, 0.29) is 0 Å². The van der Waals surface area contributed by atoms with Gasteiger partial charge in [-0.3, -0.25) is 0 Å². The van der Waals surface area contributed by atoms with E-state index in [1.54, 1.807) is 0 Å². The topological polar surface area (TPSA) is 21.3 Å². The molecular formula is C10H17NO. The molecule has 12 heavy (non-hydrogen) atoms. The van der Waals surface area contributed by atoms with Crippen molar-refractivity contribution < 1.29 is 4.74 Å². The van der Waals surface area contributed by atoms with E-state index in [2.05, 4.69) is 18.2 Å². The molecule has 0 amide bonds. The molecule has 1 aliphatic rings. The van der Waals surface area contributed by atoms with Gasteiger partial charge in [-0.1, -0.05) is 12.8 Å². The van der Waals surface area contributed by atoms with Gasteiger partial charge >= 0.3 is 0 Å². The minimum absolute atomic E-state index is 0.454. The summed E-state index contributed by atoms with van der Waals surface area (Å²) in [6, 6.07) is 0. The first-order chi connectivity index (χ1) is 5.88. The fourth-order valence-electron chi connectivity index (χ4n) is 1.71. The molecule has 1 N–H and O–H groups in total. The Morgan fingerprint density at radius 3 is 3.17 bits per heavy atom. The first-order valence-electron chi connectivity index (χ1n) is 4.64. The molecule has 0 aromatic rings. The molecule has 2 atom stereocenters. The Morgan fingerprint density at radius 1 is 1.67 bits per heavy atom. The van der Waals surface area contributed by atoms with Crippen LogP contribution in [0.2, 0.25) is 0 Å². The Morgan fingerprint density at radius 2 is 2.50 bits per heavy atom. The first-order valence-corrected chi connectivity index (χ1v) is 4.64. The van der Waals surface area contributed by atoms with Gasteiger partial charge in [0.2, 0.25) is 0 Å². The standard InChI is InChI=1S/C10H17NO/c1-3-6-11-8-9-5-7-12-10(9)4-2/h1,9-11H,4-8H2,2H3. The number of hydrogen-bond donors (Lipinski definition) is 1. The third-order valence-electron chi connectivity index (χ3n) is 2.38. The van der Waals surface area contributed by atoms with Crippen molar-refractivity contribution in [2.45, 2.75) is 25.9 Å². The molecule has 2 heteroatoms. The van der Waals surface area contributed by atoms with Gasteiger partial charge in [-0.15, -0.1) is 6.42 Å². The smallest absolute Gasteiger partial charge is 0.0613 e. The van der Waals surface area contributed by atoms with Crippen molar-refractivity contribution in [3.63, 3.8) is 0 Å². The van der Waals surface area contributed by atoms with Crippen LogP contribution in [0.5, 0.6) is 0 Å². The summed E-state index contributed by atoms with van der Waals surface area (Å²) in [5, 5.41) is 3.23. The molecule has 0 saturated carbocycles. The van der Waals surface area contributed by atoms with Crippen LogP contribution >= 0.6 is 0 Å². The van der Waals surface area contributed by atoms with Gasteiger partial charge in [-0.25, -0.2) is 0 Å². The van der Waals surface area contributed by atoms with Crippen molar-refractivity contribution in [1.29, 1.82) is 0 Å². The molecule has 68 valence electrons. The van der Waals surface area contributed by atoms with E-state index in [0.29, 0.717) is 18.6 Å².